The molecule has 2 amide bonds. The number of nitrogens with zero attached hydrogens (tertiary/aromatic N) is 3. The van der Waals surface area contributed by atoms with Crippen molar-refractivity contribution in [3.63, 3.8) is 0 Å². The number of aliphatic hydroxyl groups is 1. The number of anilines is 2. The number of pyridine rings is 2. The number of halogens is 1. The van der Waals surface area contributed by atoms with Crippen molar-refractivity contribution in [1.82, 2.24) is 15.3 Å². The molecule has 0 bridgehead atoms. The van der Waals surface area contributed by atoms with E-state index in [9.17, 15) is 14.7 Å². The summed E-state index contributed by atoms with van der Waals surface area (Å²) in [7, 11) is 1.52. The van der Waals surface area contributed by atoms with E-state index in [1.54, 1.807) is 20.0 Å². The van der Waals surface area contributed by atoms with E-state index in [2.05, 4.69) is 34.4 Å². The Morgan fingerprint density at radius 1 is 1.11 bits per heavy atom. The molecule has 0 aliphatic carbocycles. The maximum atomic E-state index is 14.0. The van der Waals surface area contributed by atoms with Crippen LogP contribution in [-0.4, -0.2) is 47.0 Å². The number of aromatic nitrogens is 2. The predicted octanol–water partition coefficient (Wildman–Crippen LogP) is 4.24. The highest BCUT2D eigenvalue weighted by molar-refractivity contribution is 6.30. The molecule has 8 nitrogen and oxygen atoms in total. The first-order chi connectivity index (χ1) is 17.5. The van der Waals surface area contributed by atoms with E-state index in [-0.39, 0.29) is 28.4 Å². The molecule has 3 aromatic rings. The van der Waals surface area contributed by atoms with E-state index < -0.39 is 11.0 Å². The maximum absolute atomic E-state index is 14.0. The smallest absolute Gasteiger partial charge is 0.253 e. The van der Waals surface area contributed by atoms with Gasteiger partial charge in [0.1, 0.15) is 16.4 Å². The van der Waals surface area contributed by atoms with Gasteiger partial charge in [-0.05, 0) is 43.0 Å². The van der Waals surface area contributed by atoms with Gasteiger partial charge in [-0.1, -0.05) is 55.8 Å². The van der Waals surface area contributed by atoms with Crippen LogP contribution in [0.2, 0.25) is 5.15 Å². The third-order valence-electron chi connectivity index (χ3n) is 6.82. The number of carbonyl (C=O) groups excluding carboxylic acids is 2. The molecule has 1 fully saturated rings. The van der Waals surface area contributed by atoms with Crippen molar-refractivity contribution in [2.45, 2.75) is 44.6 Å². The van der Waals surface area contributed by atoms with E-state index in [1.165, 1.54) is 19.3 Å². The van der Waals surface area contributed by atoms with Crippen LogP contribution in [0, 0.1) is 0 Å². The lowest BCUT2D eigenvalue weighted by Crippen LogP contribution is -2.65. The molecule has 37 heavy (non-hydrogen) atoms. The molecule has 9 heteroatoms. The molecule has 1 saturated heterocycles. The second-order valence-electron chi connectivity index (χ2n) is 10.2. The van der Waals surface area contributed by atoms with Gasteiger partial charge in [-0.2, -0.15) is 0 Å². The standard InChI is InChI=1S/C28H32ClN5O3/c1-17(2)19-8-6-7-9-21(19)28(15-34(16-28)24-11-10-18(13-32-24)27(3,4)37)26(36)33-22-14-31-23(29)12-20(22)25(35)30-5/h6-14,17,37H,15-16H2,1-5H3,(H,30,35)(H,33,36). The van der Waals surface area contributed by atoms with Crippen LogP contribution in [-0.2, 0) is 15.8 Å². The minimum Gasteiger partial charge on any atom is -0.386 e. The predicted molar refractivity (Wildman–Crippen MR) is 145 cm³/mol. The number of hydrogen-bond donors (Lipinski definition) is 3. The summed E-state index contributed by atoms with van der Waals surface area (Å²) >= 11 is 6.03. The average molecular weight is 522 g/mol. The largest absolute Gasteiger partial charge is 0.386 e. The fourth-order valence-corrected chi connectivity index (χ4v) is 4.83. The quantitative estimate of drug-likeness (QED) is 0.401. The number of nitrogens with one attached hydrogen (secondary N) is 2. The SMILES string of the molecule is CNC(=O)c1cc(Cl)ncc1NC(=O)C1(c2ccccc2C(C)C)CN(c2ccc(C(C)(C)O)cn2)C1. The van der Waals surface area contributed by atoms with Gasteiger partial charge in [-0.3, -0.25) is 9.59 Å². The monoisotopic (exact) mass is 521 g/mol. The second kappa shape index (κ2) is 10.1. The first-order valence-electron chi connectivity index (χ1n) is 12.2. The maximum Gasteiger partial charge on any atom is 0.253 e. The van der Waals surface area contributed by atoms with Crippen LogP contribution in [0.15, 0.2) is 54.9 Å². The second-order valence-corrected chi connectivity index (χ2v) is 10.6. The lowest BCUT2D eigenvalue weighted by atomic mass is 9.69. The zero-order valence-electron chi connectivity index (χ0n) is 21.7. The first-order valence-corrected chi connectivity index (χ1v) is 12.6. The Morgan fingerprint density at radius 3 is 2.41 bits per heavy atom. The highest BCUT2D eigenvalue weighted by Crippen LogP contribution is 2.42. The summed E-state index contributed by atoms with van der Waals surface area (Å²) in [5, 5.41) is 16.0. The Kier molecular flexibility index (Phi) is 7.26. The minimum atomic E-state index is -0.991. The van der Waals surface area contributed by atoms with Crippen LogP contribution in [0.25, 0.3) is 0 Å². The third kappa shape index (κ3) is 5.17. The van der Waals surface area contributed by atoms with Gasteiger partial charge >= 0.3 is 0 Å². The van der Waals surface area contributed by atoms with Crippen LogP contribution in [0.3, 0.4) is 0 Å². The number of benzene rings is 1. The molecule has 0 radical (unpaired) electrons. The fraction of sp³-hybridized carbons (Fsp3) is 0.357. The normalized spacial score (nSPS) is 14.8. The fourth-order valence-electron chi connectivity index (χ4n) is 4.67. The van der Waals surface area contributed by atoms with Crippen molar-refractivity contribution in [2.75, 3.05) is 30.4 Å². The van der Waals surface area contributed by atoms with Gasteiger partial charge in [0.2, 0.25) is 5.91 Å². The molecular formula is C28H32ClN5O3. The van der Waals surface area contributed by atoms with E-state index in [0.29, 0.717) is 24.3 Å². The molecule has 1 aliphatic rings. The third-order valence-corrected chi connectivity index (χ3v) is 7.03. The van der Waals surface area contributed by atoms with Gasteiger partial charge in [-0.15, -0.1) is 0 Å². The molecule has 0 atom stereocenters. The lowest BCUT2D eigenvalue weighted by Gasteiger charge is -2.50. The van der Waals surface area contributed by atoms with Crippen LogP contribution in [0.1, 0.15) is 60.7 Å². The minimum absolute atomic E-state index is 0.159. The Morgan fingerprint density at radius 2 is 1.81 bits per heavy atom. The summed E-state index contributed by atoms with van der Waals surface area (Å²) in [6.45, 7) is 8.42. The molecule has 3 N–H and O–H groups in total. The highest BCUT2D eigenvalue weighted by atomic mass is 35.5. The molecule has 0 spiro atoms. The van der Waals surface area contributed by atoms with Crippen LogP contribution < -0.4 is 15.5 Å². The van der Waals surface area contributed by atoms with Crippen molar-refractivity contribution in [2.24, 2.45) is 0 Å². The number of carbonyl (C=O) groups is 2. The zero-order chi connectivity index (χ0) is 27.0. The molecule has 1 aliphatic heterocycles. The lowest BCUT2D eigenvalue weighted by molar-refractivity contribution is -0.122. The average Bonchev–Trinajstić information content (AvgIpc) is 2.84. The summed E-state index contributed by atoms with van der Waals surface area (Å²) in [6, 6.07) is 13.1. The van der Waals surface area contributed by atoms with Crippen molar-refractivity contribution in [3.05, 3.63) is 82.3 Å². The number of amides is 2. The van der Waals surface area contributed by atoms with Crippen molar-refractivity contribution < 1.29 is 14.7 Å². The van der Waals surface area contributed by atoms with Crippen LogP contribution in [0.4, 0.5) is 11.5 Å². The molecule has 3 heterocycles. The molecule has 0 unspecified atom stereocenters. The van der Waals surface area contributed by atoms with Crippen LogP contribution >= 0.6 is 11.6 Å². The number of hydrogen-bond acceptors (Lipinski definition) is 6. The number of rotatable bonds is 7. The summed E-state index contributed by atoms with van der Waals surface area (Å²) in [6.07, 6.45) is 3.06. The molecular weight excluding hydrogens is 490 g/mol. The van der Waals surface area contributed by atoms with Crippen molar-refractivity contribution >= 4 is 34.9 Å². The molecule has 1 aromatic carbocycles. The van der Waals surface area contributed by atoms with Gasteiger partial charge in [-0.25, -0.2) is 9.97 Å². The Hall–Kier alpha value is -3.49. The first kappa shape index (κ1) is 26.6. The highest BCUT2D eigenvalue weighted by Gasteiger charge is 2.52. The van der Waals surface area contributed by atoms with E-state index >= 15 is 0 Å². The van der Waals surface area contributed by atoms with E-state index in [4.69, 9.17) is 11.6 Å². The van der Waals surface area contributed by atoms with Gasteiger partial charge in [0.15, 0.2) is 0 Å². The van der Waals surface area contributed by atoms with Gasteiger partial charge < -0.3 is 20.6 Å². The summed E-state index contributed by atoms with van der Waals surface area (Å²) in [4.78, 5) is 37.1. The van der Waals surface area contributed by atoms with E-state index in [1.807, 2.05) is 41.3 Å². The summed E-state index contributed by atoms with van der Waals surface area (Å²) in [5.74, 6) is 0.317. The Bertz CT molecular complexity index is 1310. The van der Waals surface area contributed by atoms with Gasteiger partial charge in [0.05, 0.1) is 23.0 Å². The zero-order valence-corrected chi connectivity index (χ0v) is 22.4. The molecule has 194 valence electrons. The van der Waals surface area contributed by atoms with Crippen LogP contribution in [0.5, 0.6) is 0 Å². The Balaban J connectivity index is 1.70. The van der Waals surface area contributed by atoms with Crippen molar-refractivity contribution in [3.8, 4) is 0 Å². The van der Waals surface area contributed by atoms with Gasteiger partial charge in [0, 0.05) is 31.9 Å². The summed E-state index contributed by atoms with van der Waals surface area (Å²) < 4.78 is 0. The molecule has 0 saturated carbocycles. The van der Waals surface area contributed by atoms with Gasteiger partial charge in [0.25, 0.3) is 5.91 Å². The Labute approximate surface area is 222 Å². The summed E-state index contributed by atoms with van der Waals surface area (Å²) in [5.41, 5.74) is 1.40. The van der Waals surface area contributed by atoms with Crippen molar-refractivity contribution in [1.29, 1.82) is 0 Å². The molecule has 4 rings (SSSR count). The molecule has 2 aromatic heterocycles. The van der Waals surface area contributed by atoms with E-state index in [0.717, 1.165) is 16.9 Å². The topological polar surface area (TPSA) is 107 Å².